The fourth-order valence-corrected chi connectivity index (χ4v) is 9.11. The van der Waals surface area contributed by atoms with Crippen molar-refractivity contribution in [1.82, 2.24) is 0 Å². The Kier molecular flexibility index (Phi) is 7.53. The molecule has 2 aliphatic carbocycles. The topological polar surface area (TPSA) is 32.8 Å². The van der Waals surface area contributed by atoms with Gasteiger partial charge in [0.25, 0.3) is 0 Å². The molecule has 0 amide bonds. The molecule has 0 fully saturated rings. The molecular weight excluding hydrogens is 685 g/mol. The molecular formula is C52H40N2O2. The first-order valence-electron chi connectivity index (χ1n) is 19.6. The van der Waals surface area contributed by atoms with Crippen LogP contribution in [0.15, 0.2) is 178 Å². The summed E-state index contributed by atoms with van der Waals surface area (Å²) in [6.07, 6.45) is 13.1. The summed E-state index contributed by atoms with van der Waals surface area (Å²) in [6.45, 7) is 4.42. The fourth-order valence-electron chi connectivity index (χ4n) is 9.11. The van der Waals surface area contributed by atoms with E-state index in [0.29, 0.717) is 0 Å². The molecule has 2 heterocycles. The van der Waals surface area contributed by atoms with Gasteiger partial charge in [0.15, 0.2) is 0 Å². The lowest BCUT2D eigenvalue weighted by molar-refractivity contribution is 0.663. The zero-order chi connectivity index (χ0) is 37.3. The van der Waals surface area contributed by atoms with Crippen molar-refractivity contribution in [1.29, 1.82) is 0 Å². The van der Waals surface area contributed by atoms with Crippen LogP contribution in [0.5, 0.6) is 0 Å². The average molecular weight is 725 g/mol. The third-order valence-electron chi connectivity index (χ3n) is 11.9. The van der Waals surface area contributed by atoms with Crippen LogP contribution in [0.3, 0.4) is 0 Å². The number of furan rings is 2. The highest BCUT2D eigenvalue weighted by Crippen LogP contribution is 2.42. The SMILES string of the molecule is CC1=CC=CCC1N(c1ccccc1)c1ccc2cc3c(cc2c1)oc1cc2c(cc13)oc1cc3c(cc12)C=CC(N(c1ccccc1)c1ccccc1C)C3. The molecule has 11 rings (SSSR count). The maximum absolute atomic E-state index is 6.67. The quantitative estimate of drug-likeness (QED) is 0.171. The van der Waals surface area contributed by atoms with Crippen molar-refractivity contribution in [2.75, 3.05) is 9.80 Å². The third kappa shape index (κ3) is 5.36. The van der Waals surface area contributed by atoms with Gasteiger partial charge in [0.1, 0.15) is 22.3 Å². The van der Waals surface area contributed by atoms with Crippen LogP contribution in [0.25, 0.3) is 60.7 Å². The predicted octanol–water partition coefficient (Wildman–Crippen LogP) is 14.1. The Morgan fingerprint density at radius 3 is 1.93 bits per heavy atom. The fraction of sp³-hybridized carbons (Fsp3) is 0.115. The maximum atomic E-state index is 6.67. The number of anilines is 4. The highest BCUT2D eigenvalue weighted by atomic mass is 16.3. The van der Waals surface area contributed by atoms with Crippen molar-refractivity contribution in [3.8, 4) is 0 Å². The van der Waals surface area contributed by atoms with Crippen LogP contribution in [-0.4, -0.2) is 12.1 Å². The van der Waals surface area contributed by atoms with Crippen LogP contribution >= 0.6 is 0 Å². The second-order valence-corrected chi connectivity index (χ2v) is 15.4. The zero-order valence-electron chi connectivity index (χ0n) is 31.4. The molecule has 0 spiro atoms. The van der Waals surface area contributed by atoms with Crippen LogP contribution < -0.4 is 9.80 Å². The first kappa shape index (κ1) is 32.6. The molecule has 0 aliphatic heterocycles. The van der Waals surface area contributed by atoms with Crippen molar-refractivity contribution in [3.05, 3.63) is 186 Å². The molecule has 0 radical (unpaired) electrons. The Balaban J connectivity index is 0.971. The lowest BCUT2D eigenvalue weighted by Gasteiger charge is -2.35. The van der Waals surface area contributed by atoms with Gasteiger partial charge in [0.2, 0.25) is 0 Å². The van der Waals surface area contributed by atoms with E-state index in [1.807, 2.05) is 0 Å². The van der Waals surface area contributed by atoms with Crippen LogP contribution in [0, 0.1) is 6.92 Å². The van der Waals surface area contributed by atoms with E-state index in [-0.39, 0.29) is 12.1 Å². The van der Waals surface area contributed by atoms with E-state index >= 15 is 0 Å². The monoisotopic (exact) mass is 724 g/mol. The molecule has 2 aromatic heterocycles. The molecule has 270 valence electrons. The summed E-state index contributed by atoms with van der Waals surface area (Å²) >= 11 is 0. The van der Waals surface area contributed by atoms with Gasteiger partial charge in [0.05, 0.1) is 12.1 Å². The van der Waals surface area contributed by atoms with Crippen molar-refractivity contribution in [2.45, 2.75) is 38.8 Å². The van der Waals surface area contributed by atoms with Gasteiger partial charge in [-0.1, -0.05) is 96.6 Å². The largest absolute Gasteiger partial charge is 0.456 e. The second-order valence-electron chi connectivity index (χ2n) is 15.4. The van der Waals surface area contributed by atoms with E-state index in [1.54, 1.807) is 0 Å². The van der Waals surface area contributed by atoms with Gasteiger partial charge in [-0.15, -0.1) is 0 Å². The van der Waals surface area contributed by atoms with Gasteiger partial charge in [0, 0.05) is 44.3 Å². The first-order valence-corrected chi connectivity index (χ1v) is 19.6. The van der Waals surface area contributed by atoms with Crippen LogP contribution in [0.2, 0.25) is 0 Å². The summed E-state index contributed by atoms with van der Waals surface area (Å²) in [7, 11) is 0. The van der Waals surface area contributed by atoms with Gasteiger partial charge in [-0.3, -0.25) is 0 Å². The Bertz CT molecular complexity index is 3070. The molecule has 0 saturated carbocycles. The van der Waals surface area contributed by atoms with Gasteiger partial charge in [-0.2, -0.15) is 0 Å². The van der Waals surface area contributed by atoms with E-state index in [4.69, 9.17) is 8.83 Å². The summed E-state index contributed by atoms with van der Waals surface area (Å²) in [4.78, 5) is 4.93. The Hall–Kier alpha value is -6.78. The van der Waals surface area contributed by atoms with E-state index in [1.165, 1.54) is 50.4 Å². The minimum absolute atomic E-state index is 0.166. The van der Waals surface area contributed by atoms with E-state index in [9.17, 15) is 0 Å². The Labute approximate surface area is 325 Å². The smallest absolute Gasteiger partial charge is 0.136 e. The molecule has 2 atom stereocenters. The van der Waals surface area contributed by atoms with Crippen molar-refractivity contribution < 1.29 is 8.83 Å². The predicted molar refractivity (Wildman–Crippen MR) is 235 cm³/mol. The summed E-state index contributed by atoms with van der Waals surface area (Å²) < 4.78 is 13.3. The minimum Gasteiger partial charge on any atom is -0.456 e. The average Bonchev–Trinajstić information content (AvgIpc) is 3.76. The summed E-state index contributed by atoms with van der Waals surface area (Å²) in [5.74, 6) is 0. The molecule has 7 aromatic carbocycles. The normalized spacial score (nSPS) is 16.6. The number of hydrogen-bond donors (Lipinski definition) is 0. The number of allylic oxidation sites excluding steroid dienone is 2. The van der Waals surface area contributed by atoms with Crippen LogP contribution in [0.4, 0.5) is 22.7 Å². The third-order valence-corrected chi connectivity index (χ3v) is 11.9. The molecule has 9 aromatic rings. The Morgan fingerprint density at radius 1 is 0.554 bits per heavy atom. The highest BCUT2D eigenvalue weighted by Gasteiger charge is 2.26. The lowest BCUT2D eigenvalue weighted by atomic mass is 9.91. The van der Waals surface area contributed by atoms with E-state index in [0.717, 1.165) is 62.1 Å². The molecule has 2 unspecified atom stereocenters. The van der Waals surface area contributed by atoms with Crippen molar-refractivity contribution >= 4 is 83.5 Å². The maximum Gasteiger partial charge on any atom is 0.136 e. The molecule has 56 heavy (non-hydrogen) atoms. The number of para-hydroxylation sites is 3. The number of nitrogens with zero attached hydrogens (tertiary/aromatic N) is 2. The molecule has 0 bridgehead atoms. The van der Waals surface area contributed by atoms with Crippen molar-refractivity contribution in [3.63, 3.8) is 0 Å². The highest BCUT2D eigenvalue weighted by molar-refractivity contribution is 6.17. The number of benzene rings is 7. The molecule has 2 aliphatic rings. The van der Waals surface area contributed by atoms with Crippen LogP contribution in [-0.2, 0) is 6.42 Å². The van der Waals surface area contributed by atoms with Gasteiger partial charge in [-0.05, 0) is 133 Å². The molecule has 0 N–H and O–H groups in total. The molecule has 0 saturated heterocycles. The summed E-state index contributed by atoms with van der Waals surface area (Å²) in [6, 6.07) is 50.7. The second kappa shape index (κ2) is 12.9. The number of hydrogen-bond acceptors (Lipinski definition) is 4. The summed E-state index contributed by atoms with van der Waals surface area (Å²) in [5.41, 5.74) is 13.4. The minimum atomic E-state index is 0.166. The standard InChI is InChI=1S/C52H40N2O2/c1-33-13-9-11-19-47(33)53(39-15-5-3-6-16-39)41-23-21-35-27-43-45-31-52-46(32-51(45)55-49(43)29-37(35)25-41)44-28-36-22-24-42(26-38(36)30-50(44)56-52)54(40-17-7-4-8-18-40)48-20-12-10-14-34(48)2/h3-19,21-24,26-32,41,48H,20,25H2,1-2H3. The van der Waals surface area contributed by atoms with Crippen LogP contribution in [0.1, 0.15) is 30.0 Å². The van der Waals surface area contributed by atoms with Gasteiger partial charge in [-0.25, -0.2) is 0 Å². The first-order chi connectivity index (χ1) is 27.6. The number of aryl methyl sites for hydroxylation is 1. The van der Waals surface area contributed by atoms with Crippen molar-refractivity contribution in [2.24, 2.45) is 0 Å². The van der Waals surface area contributed by atoms with Gasteiger partial charge >= 0.3 is 0 Å². The van der Waals surface area contributed by atoms with E-state index in [2.05, 4.69) is 194 Å². The summed E-state index contributed by atoms with van der Waals surface area (Å²) in [5, 5.41) is 6.69. The van der Waals surface area contributed by atoms with E-state index < -0.39 is 0 Å². The lowest BCUT2D eigenvalue weighted by Crippen LogP contribution is -2.33. The zero-order valence-corrected chi connectivity index (χ0v) is 31.4. The molecule has 4 nitrogen and oxygen atoms in total. The molecule has 4 heteroatoms. The number of fused-ring (bicyclic) bond motifs is 8. The van der Waals surface area contributed by atoms with Gasteiger partial charge < -0.3 is 18.6 Å². The number of rotatable bonds is 6. The Morgan fingerprint density at radius 2 is 1.20 bits per heavy atom.